The summed E-state index contributed by atoms with van der Waals surface area (Å²) in [5.74, 6) is 0.595. The number of aryl methyl sites for hydroxylation is 1. The molecule has 0 radical (unpaired) electrons. The Morgan fingerprint density at radius 1 is 1.26 bits per heavy atom. The lowest BCUT2D eigenvalue weighted by atomic mass is 10.2. The molecular weight excluding hydrogens is 334 g/mol. The van der Waals surface area contributed by atoms with Crippen molar-refractivity contribution in [1.29, 1.82) is 0 Å². The number of hydrogen-bond donors (Lipinski definition) is 1. The molecule has 1 aromatic carbocycles. The molecule has 0 aliphatic carbocycles. The van der Waals surface area contributed by atoms with Gasteiger partial charge in [0.15, 0.2) is 0 Å². The first-order valence-electron chi connectivity index (χ1n) is 7.00. The van der Waals surface area contributed by atoms with Crippen LogP contribution in [0.4, 0.5) is 0 Å². The summed E-state index contributed by atoms with van der Waals surface area (Å²) in [4.78, 5) is 12.9. The predicted molar refractivity (Wildman–Crippen MR) is 89.4 cm³/mol. The molecule has 1 amide bonds. The van der Waals surface area contributed by atoms with Crippen molar-refractivity contribution in [3.63, 3.8) is 0 Å². The quantitative estimate of drug-likeness (QED) is 0.765. The highest BCUT2D eigenvalue weighted by Crippen LogP contribution is 2.27. The maximum absolute atomic E-state index is 12.0. The van der Waals surface area contributed by atoms with E-state index in [-0.39, 0.29) is 12.3 Å². The fraction of sp³-hybridized carbons (Fsp3) is 0.188. The van der Waals surface area contributed by atoms with Gasteiger partial charge in [0.2, 0.25) is 11.8 Å². The summed E-state index contributed by atoms with van der Waals surface area (Å²) in [6, 6.07) is 9.30. The Balaban J connectivity index is 1.57. The van der Waals surface area contributed by atoms with Gasteiger partial charge in [-0.3, -0.25) is 4.79 Å². The minimum atomic E-state index is -0.168. The van der Waals surface area contributed by atoms with Gasteiger partial charge in [0.1, 0.15) is 6.42 Å². The monoisotopic (exact) mass is 347 g/mol. The second kappa shape index (κ2) is 6.93. The van der Waals surface area contributed by atoms with Crippen LogP contribution in [-0.4, -0.2) is 16.1 Å². The number of benzene rings is 1. The molecular formula is C16H14ClN3O2S. The standard InChI is InChI=1S/C16H14ClN3O2S/c1-10-6-7-23-15(10)16-20-19-14(22-16)8-13(21)18-9-11-2-4-12(17)5-3-11/h2-7H,8-9H2,1H3,(H,18,21). The predicted octanol–water partition coefficient (Wildman–Crippen LogP) is 3.62. The summed E-state index contributed by atoms with van der Waals surface area (Å²) < 4.78 is 5.56. The van der Waals surface area contributed by atoms with Crippen LogP contribution in [0.1, 0.15) is 17.0 Å². The third-order valence-electron chi connectivity index (χ3n) is 3.24. The van der Waals surface area contributed by atoms with Gasteiger partial charge in [-0.25, -0.2) is 0 Å². The molecule has 0 saturated heterocycles. The SMILES string of the molecule is Cc1ccsc1-c1nnc(CC(=O)NCc2ccc(Cl)cc2)o1. The Bertz CT molecular complexity index is 811. The highest BCUT2D eigenvalue weighted by atomic mass is 35.5. The van der Waals surface area contributed by atoms with Gasteiger partial charge in [0.25, 0.3) is 5.89 Å². The molecule has 3 aromatic rings. The van der Waals surface area contributed by atoms with Crippen LogP contribution < -0.4 is 5.32 Å². The number of rotatable bonds is 5. The lowest BCUT2D eigenvalue weighted by Gasteiger charge is -2.03. The molecule has 118 valence electrons. The molecule has 0 aliphatic heterocycles. The van der Waals surface area contributed by atoms with Crippen molar-refractivity contribution in [2.45, 2.75) is 19.9 Å². The average molecular weight is 348 g/mol. The van der Waals surface area contributed by atoms with E-state index in [1.165, 1.54) is 11.3 Å². The molecule has 0 spiro atoms. The van der Waals surface area contributed by atoms with E-state index in [4.69, 9.17) is 16.0 Å². The van der Waals surface area contributed by atoms with E-state index in [0.717, 1.165) is 16.0 Å². The maximum Gasteiger partial charge on any atom is 0.258 e. The van der Waals surface area contributed by atoms with Crippen LogP contribution in [0.25, 0.3) is 10.8 Å². The van der Waals surface area contributed by atoms with Crippen LogP contribution in [0.2, 0.25) is 5.02 Å². The third-order valence-corrected chi connectivity index (χ3v) is 4.49. The van der Waals surface area contributed by atoms with Crippen molar-refractivity contribution in [3.8, 4) is 10.8 Å². The van der Waals surface area contributed by atoms with Crippen molar-refractivity contribution in [2.75, 3.05) is 0 Å². The summed E-state index contributed by atoms with van der Waals surface area (Å²) in [6.07, 6.45) is 0.0605. The normalized spacial score (nSPS) is 10.7. The first kappa shape index (κ1) is 15.7. The van der Waals surface area contributed by atoms with Crippen molar-refractivity contribution in [2.24, 2.45) is 0 Å². The largest absolute Gasteiger partial charge is 0.419 e. The molecule has 23 heavy (non-hydrogen) atoms. The number of hydrogen-bond acceptors (Lipinski definition) is 5. The van der Waals surface area contributed by atoms with Crippen LogP contribution in [0.15, 0.2) is 40.1 Å². The molecule has 5 nitrogen and oxygen atoms in total. The van der Waals surface area contributed by atoms with Crippen LogP contribution >= 0.6 is 22.9 Å². The van der Waals surface area contributed by atoms with Crippen molar-refractivity contribution in [1.82, 2.24) is 15.5 Å². The lowest BCUT2D eigenvalue weighted by Crippen LogP contribution is -2.24. The van der Waals surface area contributed by atoms with Gasteiger partial charge < -0.3 is 9.73 Å². The first-order valence-corrected chi connectivity index (χ1v) is 8.25. The minimum Gasteiger partial charge on any atom is -0.419 e. The van der Waals surface area contributed by atoms with Crippen molar-refractivity contribution < 1.29 is 9.21 Å². The zero-order valence-electron chi connectivity index (χ0n) is 12.4. The number of aromatic nitrogens is 2. The van der Waals surface area contributed by atoms with Crippen LogP contribution in [-0.2, 0) is 17.8 Å². The Hall–Kier alpha value is -2.18. The van der Waals surface area contributed by atoms with E-state index in [9.17, 15) is 4.79 Å². The second-order valence-corrected chi connectivity index (χ2v) is 6.37. The highest BCUT2D eigenvalue weighted by Gasteiger charge is 2.14. The van der Waals surface area contributed by atoms with Gasteiger partial charge in [0.05, 0.1) is 4.88 Å². The molecule has 0 bridgehead atoms. The minimum absolute atomic E-state index is 0.0605. The van der Waals surface area contributed by atoms with E-state index in [1.54, 1.807) is 12.1 Å². The van der Waals surface area contributed by atoms with Gasteiger partial charge in [-0.1, -0.05) is 23.7 Å². The molecule has 2 aromatic heterocycles. The number of nitrogens with one attached hydrogen (secondary N) is 1. The fourth-order valence-electron chi connectivity index (χ4n) is 2.01. The second-order valence-electron chi connectivity index (χ2n) is 5.01. The molecule has 0 aliphatic rings. The van der Waals surface area contributed by atoms with E-state index < -0.39 is 0 Å². The van der Waals surface area contributed by atoms with Gasteiger partial charge in [-0.2, -0.15) is 0 Å². The number of nitrogens with zero attached hydrogens (tertiary/aromatic N) is 2. The van der Waals surface area contributed by atoms with Crippen LogP contribution in [0.5, 0.6) is 0 Å². The average Bonchev–Trinajstić information content (AvgIpc) is 3.15. The van der Waals surface area contributed by atoms with Gasteiger partial charge in [-0.05, 0) is 41.6 Å². The number of halogens is 1. The molecule has 0 atom stereocenters. The molecule has 3 rings (SSSR count). The number of thiophene rings is 1. The summed E-state index contributed by atoms with van der Waals surface area (Å²) >= 11 is 7.36. The molecule has 2 heterocycles. The van der Waals surface area contributed by atoms with Crippen molar-refractivity contribution in [3.05, 3.63) is 57.8 Å². The van der Waals surface area contributed by atoms with E-state index >= 15 is 0 Å². The fourth-order valence-corrected chi connectivity index (χ4v) is 2.98. The van der Waals surface area contributed by atoms with Crippen molar-refractivity contribution >= 4 is 28.8 Å². The smallest absolute Gasteiger partial charge is 0.258 e. The molecule has 0 unspecified atom stereocenters. The Morgan fingerprint density at radius 3 is 2.74 bits per heavy atom. The summed E-state index contributed by atoms with van der Waals surface area (Å²) in [5.41, 5.74) is 2.06. The third kappa shape index (κ3) is 3.97. The molecule has 1 N–H and O–H groups in total. The van der Waals surface area contributed by atoms with E-state index in [0.29, 0.717) is 23.3 Å². The molecule has 0 fully saturated rings. The maximum atomic E-state index is 12.0. The number of carbonyl (C=O) groups is 1. The van der Waals surface area contributed by atoms with Gasteiger partial charge in [0, 0.05) is 11.6 Å². The lowest BCUT2D eigenvalue weighted by molar-refractivity contribution is -0.120. The highest BCUT2D eigenvalue weighted by molar-refractivity contribution is 7.13. The topological polar surface area (TPSA) is 68.0 Å². The summed E-state index contributed by atoms with van der Waals surface area (Å²) in [6.45, 7) is 2.41. The Labute approximate surface area is 142 Å². The summed E-state index contributed by atoms with van der Waals surface area (Å²) in [7, 11) is 0. The van der Waals surface area contributed by atoms with Crippen LogP contribution in [0, 0.1) is 6.92 Å². The number of amides is 1. The number of carbonyl (C=O) groups excluding carboxylic acids is 1. The van der Waals surface area contributed by atoms with Gasteiger partial charge >= 0.3 is 0 Å². The Morgan fingerprint density at radius 2 is 2.04 bits per heavy atom. The Kier molecular flexibility index (Phi) is 4.73. The summed E-state index contributed by atoms with van der Waals surface area (Å²) in [5, 5.41) is 13.4. The zero-order chi connectivity index (χ0) is 16.2. The first-order chi connectivity index (χ1) is 11.1. The van der Waals surface area contributed by atoms with E-state index in [1.807, 2.05) is 30.5 Å². The zero-order valence-corrected chi connectivity index (χ0v) is 13.9. The van der Waals surface area contributed by atoms with Gasteiger partial charge in [-0.15, -0.1) is 21.5 Å². The van der Waals surface area contributed by atoms with Crippen LogP contribution in [0.3, 0.4) is 0 Å². The van der Waals surface area contributed by atoms with E-state index in [2.05, 4.69) is 15.5 Å². The molecule has 7 heteroatoms. The molecule has 0 saturated carbocycles.